The number of aromatic nitrogens is 3. The van der Waals surface area contributed by atoms with E-state index in [1.807, 2.05) is 0 Å². The summed E-state index contributed by atoms with van der Waals surface area (Å²) >= 11 is 0. The van der Waals surface area contributed by atoms with Gasteiger partial charge >= 0.3 is 13.3 Å². The van der Waals surface area contributed by atoms with Crippen LogP contribution in [-0.4, -0.2) is 62.2 Å². The van der Waals surface area contributed by atoms with Crippen molar-refractivity contribution in [1.82, 2.24) is 19.7 Å². The van der Waals surface area contributed by atoms with Gasteiger partial charge in [0.2, 0.25) is 0 Å². The molecule has 8 nitrogen and oxygen atoms in total. The maximum atomic E-state index is 13.1. The Morgan fingerprint density at radius 1 is 1.38 bits per heavy atom. The van der Waals surface area contributed by atoms with E-state index in [1.54, 1.807) is 0 Å². The van der Waals surface area contributed by atoms with Crippen molar-refractivity contribution in [3.63, 3.8) is 0 Å². The zero-order chi connectivity index (χ0) is 21.3. The lowest BCUT2D eigenvalue weighted by atomic mass is 9.77. The Kier molecular flexibility index (Phi) is 5.76. The second-order valence-corrected chi connectivity index (χ2v) is 6.92. The van der Waals surface area contributed by atoms with E-state index in [1.165, 1.54) is 34.7 Å². The molecule has 29 heavy (non-hydrogen) atoms. The number of nitrogens with zero attached hydrogens (tertiary/aromatic N) is 4. The molecular formula is C17H18BF3N4O4. The second-order valence-electron chi connectivity index (χ2n) is 6.92. The van der Waals surface area contributed by atoms with Gasteiger partial charge in [-0.15, -0.1) is 10.2 Å². The molecule has 2 N–H and O–H groups in total. The third-order valence-corrected chi connectivity index (χ3v) is 4.95. The number of aldehydes is 1. The van der Waals surface area contributed by atoms with Crippen LogP contribution in [0, 0.1) is 5.92 Å². The first-order valence-electron chi connectivity index (χ1n) is 8.80. The smallest absolute Gasteiger partial charge is 0.423 e. The lowest BCUT2D eigenvalue weighted by Crippen LogP contribution is -2.35. The van der Waals surface area contributed by atoms with Crippen LogP contribution in [-0.2, 0) is 19.5 Å². The summed E-state index contributed by atoms with van der Waals surface area (Å²) in [6.45, 7) is -0.362. The first-order valence-corrected chi connectivity index (χ1v) is 8.80. The standard InChI is InChI=1S/C17H18BF3N4O4/c1-24(16(27)10-2-4-13(18(28)29)11(6-10)9-26)8-15-23-22-14-5-3-12(7-25(14)15)17(19,20)21/h2,4,6,9,12,28-29H,3,5,7-8H2,1H3. The van der Waals surface area contributed by atoms with Crippen molar-refractivity contribution in [2.45, 2.75) is 32.1 Å². The number of carbonyl (C=O) groups excluding carboxylic acids is 2. The van der Waals surface area contributed by atoms with Crippen LogP contribution in [0.2, 0.25) is 0 Å². The molecule has 3 rings (SSSR count). The topological polar surface area (TPSA) is 109 Å². The molecule has 0 bridgehead atoms. The Morgan fingerprint density at radius 3 is 2.72 bits per heavy atom. The van der Waals surface area contributed by atoms with E-state index in [0.29, 0.717) is 12.1 Å². The summed E-state index contributed by atoms with van der Waals surface area (Å²) in [6.07, 6.45) is -3.81. The molecule has 0 spiro atoms. The first kappa shape index (κ1) is 21.0. The van der Waals surface area contributed by atoms with Gasteiger partial charge in [0, 0.05) is 31.1 Å². The van der Waals surface area contributed by atoms with Gasteiger partial charge in [-0.25, -0.2) is 0 Å². The highest BCUT2D eigenvalue weighted by Crippen LogP contribution is 2.34. The predicted octanol–water partition coefficient (Wildman–Crippen LogP) is 0.167. The zero-order valence-corrected chi connectivity index (χ0v) is 15.4. The average molecular weight is 410 g/mol. The Labute approximate surface area is 164 Å². The minimum Gasteiger partial charge on any atom is -0.423 e. The van der Waals surface area contributed by atoms with Gasteiger partial charge in [-0.05, 0) is 24.0 Å². The van der Waals surface area contributed by atoms with Gasteiger partial charge in [0.25, 0.3) is 5.91 Å². The highest BCUT2D eigenvalue weighted by Gasteiger charge is 2.42. The SMILES string of the molecule is CN(Cc1nnc2n1CC(C(F)(F)F)CC2)C(=O)c1ccc(B(O)O)c(C=O)c1. The van der Waals surface area contributed by atoms with Crippen LogP contribution < -0.4 is 5.46 Å². The molecule has 12 heteroatoms. The van der Waals surface area contributed by atoms with Crippen molar-refractivity contribution in [3.8, 4) is 0 Å². The third-order valence-electron chi connectivity index (χ3n) is 4.95. The van der Waals surface area contributed by atoms with Gasteiger partial charge in [0.15, 0.2) is 5.82 Å². The van der Waals surface area contributed by atoms with E-state index in [9.17, 15) is 32.8 Å². The fourth-order valence-electron chi connectivity index (χ4n) is 3.32. The summed E-state index contributed by atoms with van der Waals surface area (Å²) in [5, 5.41) is 26.3. The number of amides is 1. The summed E-state index contributed by atoms with van der Waals surface area (Å²) in [6, 6.07) is 3.81. The Balaban J connectivity index is 1.78. The summed E-state index contributed by atoms with van der Waals surface area (Å²) < 4.78 is 40.6. The van der Waals surface area contributed by atoms with Crippen LogP contribution in [0.1, 0.15) is 38.8 Å². The van der Waals surface area contributed by atoms with Crippen molar-refractivity contribution in [2.24, 2.45) is 5.92 Å². The summed E-state index contributed by atoms with van der Waals surface area (Å²) in [5.41, 5.74) is 0.0293. The van der Waals surface area contributed by atoms with Crippen molar-refractivity contribution < 1.29 is 32.8 Å². The van der Waals surface area contributed by atoms with E-state index in [0.717, 1.165) is 0 Å². The molecule has 2 heterocycles. The molecule has 1 aliphatic heterocycles. The van der Waals surface area contributed by atoms with Crippen molar-refractivity contribution in [1.29, 1.82) is 0 Å². The monoisotopic (exact) mass is 410 g/mol. The predicted molar refractivity (Wildman–Crippen MR) is 95.3 cm³/mol. The number of fused-ring (bicyclic) bond motifs is 1. The Morgan fingerprint density at radius 2 is 2.10 bits per heavy atom. The quantitative estimate of drug-likeness (QED) is 0.538. The lowest BCUT2D eigenvalue weighted by molar-refractivity contribution is -0.182. The van der Waals surface area contributed by atoms with Crippen molar-refractivity contribution >= 4 is 24.8 Å². The maximum Gasteiger partial charge on any atom is 0.489 e. The van der Waals surface area contributed by atoms with Gasteiger partial charge in [-0.3, -0.25) is 9.59 Å². The van der Waals surface area contributed by atoms with E-state index in [4.69, 9.17) is 0 Å². The highest BCUT2D eigenvalue weighted by molar-refractivity contribution is 6.60. The fraction of sp³-hybridized carbons (Fsp3) is 0.412. The molecule has 0 radical (unpaired) electrons. The van der Waals surface area contributed by atoms with Crippen LogP contribution >= 0.6 is 0 Å². The normalized spacial score (nSPS) is 16.3. The van der Waals surface area contributed by atoms with Gasteiger partial charge in [0.1, 0.15) is 12.1 Å². The molecule has 0 saturated heterocycles. The number of halogens is 3. The van der Waals surface area contributed by atoms with Gasteiger partial charge in [-0.1, -0.05) is 6.07 Å². The molecule has 154 valence electrons. The molecular weight excluding hydrogens is 392 g/mol. The number of rotatable bonds is 5. The minimum atomic E-state index is -4.31. The van der Waals surface area contributed by atoms with E-state index in [2.05, 4.69) is 10.2 Å². The summed E-state index contributed by atoms with van der Waals surface area (Å²) in [7, 11) is -0.412. The summed E-state index contributed by atoms with van der Waals surface area (Å²) in [4.78, 5) is 25.0. The van der Waals surface area contributed by atoms with Gasteiger partial charge in [-0.2, -0.15) is 13.2 Å². The Hall–Kier alpha value is -2.73. The number of hydrogen-bond donors (Lipinski definition) is 2. The number of aryl methyl sites for hydroxylation is 1. The van der Waals surface area contributed by atoms with E-state index in [-0.39, 0.29) is 48.3 Å². The van der Waals surface area contributed by atoms with Crippen molar-refractivity contribution in [2.75, 3.05) is 7.05 Å². The molecule has 0 saturated carbocycles. The zero-order valence-electron chi connectivity index (χ0n) is 15.4. The molecule has 2 aromatic rings. The molecule has 0 fully saturated rings. The van der Waals surface area contributed by atoms with Crippen LogP contribution in [0.3, 0.4) is 0 Å². The van der Waals surface area contributed by atoms with Crippen LogP contribution in [0.15, 0.2) is 18.2 Å². The number of alkyl halides is 3. The van der Waals surface area contributed by atoms with Gasteiger partial charge in [0.05, 0.1) is 12.5 Å². The lowest BCUT2D eigenvalue weighted by Gasteiger charge is -2.27. The third kappa shape index (κ3) is 4.32. The van der Waals surface area contributed by atoms with E-state index >= 15 is 0 Å². The van der Waals surface area contributed by atoms with Crippen LogP contribution in [0.5, 0.6) is 0 Å². The average Bonchev–Trinajstić information content (AvgIpc) is 3.08. The molecule has 1 unspecified atom stereocenters. The Bertz CT molecular complexity index is 932. The number of hydrogen-bond acceptors (Lipinski definition) is 6. The molecule has 1 aliphatic rings. The molecule has 1 aromatic carbocycles. The molecule has 1 aromatic heterocycles. The second kappa shape index (κ2) is 7.95. The maximum absolute atomic E-state index is 13.1. The highest BCUT2D eigenvalue weighted by atomic mass is 19.4. The van der Waals surface area contributed by atoms with Crippen LogP contribution in [0.4, 0.5) is 13.2 Å². The minimum absolute atomic E-state index is 0.0380. The van der Waals surface area contributed by atoms with Gasteiger partial charge < -0.3 is 19.5 Å². The number of benzene rings is 1. The number of carbonyl (C=O) groups is 2. The first-order chi connectivity index (χ1) is 13.6. The van der Waals surface area contributed by atoms with E-state index < -0.39 is 25.1 Å². The van der Waals surface area contributed by atoms with Crippen molar-refractivity contribution in [3.05, 3.63) is 41.0 Å². The van der Waals surface area contributed by atoms with Crippen LogP contribution in [0.25, 0.3) is 0 Å². The fourth-order valence-corrected chi connectivity index (χ4v) is 3.32. The molecule has 1 amide bonds. The molecule has 0 aliphatic carbocycles. The largest absolute Gasteiger partial charge is 0.489 e. The summed E-state index contributed by atoms with van der Waals surface area (Å²) in [5.74, 6) is -1.31. The molecule has 1 atom stereocenters.